The average molecular weight is 382 g/mol. The Morgan fingerprint density at radius 3 is 2.41 bits per heavy atom. The molecular formula is C23H24ClNO2. The molecule has 4 rings (SSSR count). The SMILES string of the molecule is CN(C)C1CCc2ccc3ccccc3c2C1OC(=O)c1ccccc1.Cl. The van der Waals surface area contributed by atoms with Crippen molar-refractivity contribution in [2.24, 2.45) is 0 Å². The number of ether oxygens (including phenoxy) is 1. The maximum Gasteiger partial charge on any atom is 0.338 e. The van der Waals surface area contributed by atoms with Crippen LogP contribution in [0.4, 0.5) is 0 Å². The topological polar surface area (TPSA) is 29.5 Å². The van der Waals surface area contributed by atoms with Crippen LogP contribution < -0.4 is 0 Å². The van der Waals surface area contributed by atoms with E-state index in [1.165, 1.54) is 16.3 Å². The highest BCUT2D eigenvalue weighted by Crippen LogP contribution is 2.39. The molecule has 1 aliphatic rings. The minimum absolute atomic E-state index is 0. The van der Waals surface area contributed by atoms with Gasteiger partial charge in [0.2, 0.25) is 0 Å². The molecule has 0 saturated heterocycles. The first-order chi connectivity index (χ1) is 12.6. The second-order valence-corrected chi connectivity index (χ2v) is 7.12. The molecule has 0 aromatic heterocycles. The van der Waals surface area contributed by atoms with Crippen LogP contribution in [0.2, 0.25) is 0 Å². The molecule has 140 valence electrons. The van der Waals surface area contributed by atoms with Crippen LogP contribution >= 0.6 is 12.4 Å². The Balaban J connectivity index is 0.00000210. The van der Waals surface area contributed by atoms with Crippen LogP contribution in [0.3, 0.4) is 0 Å². The number of halogens is 1. The predicted octanol–water partition coefficient (Wildman–Crippen LogP) is 5.04. The number of aryl methyl sites for hydroxylation is 1. The molecule has 0 spiro atoms. The molecule has 1 aliphatic carbocycles. The third-order valence-corrected chi connectivity index (χ3v) is 5.31. The zero-order valence-corrected chi connectivity index (χ0v) is 16.4. The van der Waals surface area contributed by atoms with Crippen molar-refractivity contribution in [2.75, 3.05) is 14.1 Å². The molecule has 3 aromatic rings. The van der Waals surface area contributed by atoms with Gasteiger partial charge in [0, 0.05) is 5.56 Å². The van der Waals surface area contributed by atoms with Gasteiger partial charge in [0.15, 0.2) is 0 Å². The molecule has 0 radical (unpaired) electrons. The zero-order chi connectivity index (χ0) is 18.1. The fourth-order valence-corrected chi connectivity index (χ4v) is 3.97. The number of likely N-dealkylation sites (N-methyl/N-ethyl adjacent to an activating group) is 1. The summed E-state index contributed by atoms with van der Waals surface area (Å²) in [5.41, 5.74) is 3.04. The first-order valence-electron chi connectivity index (χ1n) is 9.08. The summed E-state index contributed by atoms with van der Waals surface area (Å²) >= 11 is 0. The number of benzene rings is 3. The van der Waals surface area contributed by atoms with Crippen LogP contribution in [0.25, 0.3) is 10.8 Å². The highest BCUT2D eigenvalue weighted by atomic mass is 35.5. The smallest absolute Gasteiger partial charge is 0.338 e. The third kappa shape index (κ3) is 3.71. The maximum atomic E-state index is 12.8. The summed E-state index contributed by atoms with van der Waals surface area (Å²) in [4.78, 5) is 15.0. The van der Waals surface area contributed by atoms with E-state index in [1.54, 1.807) is 12.1 Å². The molecular weight excluding hydrogens is 358 g/mol. The van der Waals surface area contributed by atoms with Crippen molar-refractivity contribution in [3.8, 4) is 0 Å². The average Bonchev–Trinajstić information content (AvgIpc) is 2.68. The molecule has 0 fully saturated rings. The molecule has 0 amide bonds. The van der Waals surface area contributed by atoms with Gasteiger partial charge in [0.25, 0.3) is 0 Å². The summed E-state index contributed by atoms with van der Waals surface area (Å²) in [6, 6.07) is 22.1. The fourth-order valence-electron chi connectivity index (χ4n) is 3.97. The van der Waals surface area contributed by atoms with Gasteiger partial charge in [0.05, 0.1) is 11.6 Å². The van der Waals surface area contributed by atoms with E-state index in [-0.39, 0.29) is 30.5 Å². The number of fused-ring (bicyclic) bond motifs is 3. The van der Waals surface area contributed by atoms with E-state index in [2.05, 4.69) is 49.3 Å². The highest BCUT2D eigenvalue weighted by molar-refractivity contribution is 5.91. The van der Waals surface area contributed by atoms with E-state index in [0.29, 0.717) is 5.56 Å². The third-order valence-electron chi connectivity index (χ3n) is 5.31. The van der Waals surface area contributed by atoms with Gasteiger partial charge in [-0.25, -0.2) is 4.79 Å². The lowest BCUT2D eigenvalue weighted by Gasteiger charge is -2.37. The lowest BCUT2D eigenvalue weighted by molar-refractivity contribution is 0.00121. The second kappa shape index (κ2) is 8.12. The van der Waals surface area contributed by atoms with Crippen molar-refractivity contribution in [3.63, 3.8) is 0 Å². The van der Waals surface area contributed by atoms with E-state index >= 15 is 0 Å². The van der Waals surface area contributed by atoms with E-state index in [9.17, 15) is 4.79 Å². The molecule has 4 heteroatoms. The van der Waals surface area contributed by atoms with Gasteiger partial charge in [-0.15, -0.1) is 12.4 Å². The Hall–Kier alpha value is -2.36. The van der Waals surface area contributed by atoms with Crippen LogP contribution in [-0.2, 0) is 11.2 Å². The number of esters is 1. The van der Waals surface area contributed by atoms with Gasteiger partial charge in [-0.1, -0.05) is 54.6 Å². The summed E-state index contributed by atoms with van der Waals surface area (Å²) < 4.78 is 6.11. The molecule has 2 unspecified atom stereocenters. The Morgan fingerprint density at radius 2 is 1.67 bits per heavy atom. The van der Waals surface area contributed by atoms with E-state index in [4.69, 9.17) is 4.74 Å². The molecule has 3 nitrogen and oxygen atoms in total. The fraction of sp³-hybridized carbons (Fsp3) is 0.261. The summed E-state index contributed by atoms with van der Waals surface area (Å²) in [5, 5.41) is 2.37. The first-order valence-corrected chi connectivity index (χ1v) is 9.08. The Morgan fingerprint density at radius 1 is 0.963 bits per heavy atom. The van der Waals surface area contributed by atoms with Crippen molar-refractivity contribution < 1.29 is 9.53 Å². The van der Waals surface area contributed by atoms with Crippen molar-refractivity contribution in [1.82, 2.24) is 4.90 Å². The van der Waals surface area contributed by atoms with Crippen molar-refractivity contribution in [2.45, 2.75) is 25.0 Å². The number of hydrogen-bond acceptors (Lipinski definition) is 3. The van der Waals surface area contributed by atoms with Gasteiger partial charge < -0.3 is 9.64 Å². The lowest BCUT2D eigenvalue weighted by Crippen LogP contribution is -2.39. The minimum Gasteiger partial charge on any atom is -0.452 e. The van der Waals surface area contributed by atoms with Crippen LogP contribution in [0, 0.1) is 0 Å². The second-order valence-electron chi connectivity index (χ2n) is 7.12. The number of rotatable bonds is 3. The van der Waals surface area contributed by atoms with Gasteiger partial charge >= 0.3 is 5.97 Å². The number of nitrogens with zero attached hydrogens (tertiary/aromatic N) is 1. The number of hydrogen-bond donors (Lipinski definition) is 0. The van der Waals surface area contributed by atoms with Crippen molar-refractivity contribution >= 4 is 29.1 Å². The quantitative estimate of drug-likeness (QED) is 0.595. The summed E-state index contributed by atoms with van der Waals surface area (Å²) in [7, 11) is 4.12. The van der Waals surface area contributed by atoms with E-state index in [0.717, 1.165) is 18.4 Å². The molecule has 0 aliphatic heterocycles. The van der Waals surface area contributed by atoms with Crippen molar-refractivity contribution in [3.05, 3.63) is 83.4 Å². The Kier molecular flexibility index (Phi) is 5.83. The normalized spacial score (nSPS) is 18.6. The van der Waals surface area contributed by atoms with Crippen LogP contribution in [0.5, 0.6) is 0 Å². The van der Waals surface area contributed by atoms with Crippen LogP contribution in [0.1, 0.15) is 34.0 Å². The molecule has 27 heavy (non-hydrogen) atoms. The van der Waals surface area contributed by atoms with Crippen LogP contribution in [0.15, 0.2) is 66.7 Å². The van der Waals surface area contributed by atoms with Crippen LogP contribution in [-0.4, -0.2) is 31.0 Å². The summed E-state index contributed by atoms with van der Waals surface area (Å²) in [6.07, 6.45) is 1.71. The molecule has 0 saturated carbocycles. The zero-order valence-electron chi connectivity index (χ0n) is 15.6. The van der Waals surface area contributed by atoms with Crippen molar-refractivity contribution in [1.29, 1.82) is 0 Å². The lowest BCUT2D eigenvalue weighted by atomic mass is 9.82. The standard InChI is InChI=1S/C23H23NO2.ClH/c1-24(2)20-15-14-17-13-12-16-8-6-7-11-19(16)21(17)22(20)26-23(25)18-9-4-3-5-10-18;/h3-13,20,22H,14-15H2,1-2H3;1H. The van der Waals surface area contributed by atoms with E-state index < -0.39 is 0 Å². The van der Waals surface area contributed by atoms with Gasteiger partial charge in [0.1, 0.15) is 6.10 Å². The maximum absolute atomic E-state index is 12.8. The minimum atomic E-state index is -0.271. The Labute approximate surface area is 166 Å². The van der Waals surface area contributed by atoms with Gasteiger partial charge in [-0.2, -0.15) is 0 Å². The molecule has 0 heterocycles. The van der Waals surface area contributed by atoms with E-state index in [1.807, 2.05) is 24.3 Å². The molecule has 0 bridgehead atoms. The molecule has 3 aromatic carbocycles. The number of carbonyl (C=O) groups excluding carboxylic acids is 1. The summed E-state index contributed by atoms with van der Waals surface area (Å²) in [6.45, 7) is 0. The van der Waals surface area contributed by atoms with Gasteiger partial charge in [-0.05, 0) is 55.4 Å². The van der Waals surface area contributed by atoms with Gasteiger partial charge in [-0.3, -0.25) is 0 Å². The highest BCUT2D eigenvalue weighted by Gasteiger charge is 2.35. The summed E-state index contributed by atoms with van der Waals surface area (Å²) in [5.74, 6) is -0.261. The largest absolute Gasteiger partial charge is 0.452 e. The monoisotopic (exact) mass is 381 g/mol. The predicted molar refractivity (Wildman–Crippen MR) is 112 cm³/mol. The molecule has 2 atom stereocenters. The number of carbonyl (C=O) groups is 1. The first kappa shape index (κ1) is 19.4. The Bertz CT molecular complexity index is 940. The molecule has 0 N–H and O–H groups in total.